The number of hydrogen-bond acceptors (Lipinski definition) is 4. The number of ketones is 1. The molecular weight excluding hydrogens is 328 g/mol. The molecule has 26 heavy (non-hydrogen) atoms. The number of benzene rings is 2. The minimum Gasteiger partial charge on any atom is -0.497 e. The molecule has 0 saturated carbocycles. The van der Waals surface area contributed by atoms with Gasteiger partial charge in [0.05, 0.1) is 26.9 Å². The van der Waals surface area contributed by atoms with Gasteiger partial charge in [-0.2, -0.15) is 0 Å². The molecule has 134 valence electrons. The van der Waals surface area contributed by atoms with Crippen molar-refractivity contribution in [2.24, 2.45) is 5.92 Å². The van der Waals surface area contributed by atoms with Crippen molar-refractivity contribution in [3.63, 3.8) is 0 Å². The predicted octanol–water partition coefficient (Wildman–Crippen LogP) is 4.35. The fourth-order valence-electron chi connectivity index (χ4n) is 4.31. The fraction of sp³-hybridized carbons (Fsp3) is 0.318. The minimum absolute atomic E-state index is 0.0577. The van der Waals surface area contributed by atoms with E-state index in [1.165, 1.54) is 0 Å². The van der Waals surface area contributed by atoms with Crippen molar-refractivity contribution < 1.29 is 19.0 Å². The Hall–Kier alpha value is -2.75. The molecule has 0 spiro atoms. The van der Waals surface area contributed by atoms with Gasteiger partial charge in [-0.3, -0.25) is 4.79 Å². The summed E-state index contributed by atoms with van der Waals surface area (Å²) >= 11 is 0. The number of rotatable bonds is 4. The van der Waals surface area contributed by atoms with Gasteiger partial charge in [-0.05, 0) is 41.7 Å². The molecule has 2 aromatic carbocycles. The third-order valence-electron chi connectivity index (χ3n) is 5.57. The molecule has 4 nitrogen and oxygen atoms in total. The van der Waals surface area contributed by atoms with Gasteiger partial charge < -0.3 is 14.2 Å². The van der Waals surface area contributed by atoms with Crippen molar-refractivity contribution in [2.45, 2.75) is 18.3 Å². The van der Waals surface area contributed by atoms with Crippen LogP contribution in [0.1, 0.15) is 39.7 Å². The summed E-state index contributed by atoms with van der Waals surface area (Å²) in [7, 11) is 4.89. The van der Waals surface area contributed by atoms with Crippen molar-refractivity contribution in [3.05, 3.63) is 65.2 Å². The van der Waals surface area contributed by atoms with Gasteiger partial charge in [-0.25, -0.2) is 0 Å². The van der Waals surface area contributed by atoms with Gasteiger partial charge in [0.2, 0.25) is 0 Å². The molecule has 4 rings (SSSR count). The molecule has 0 aromatic heterocycles. The van der Waals surface area contributed by atoms with Gasteiger partial charge in [0.1, 0.15) is 17.2 Å². The number of carbonyl (C=O) groups excluding carboxylic acids is 1. The Morgan fingerprint density at radius 1 is 0.923 bits per heavy atom. The van der Waals surface area contributed by atoms with Crippen LogP contribution in [-0.2, 0) is 0 Å². The highest BCUT2D eigenvalue weighted by Crippen LogP contribution is 2.52. The van der Waals surface area contributed by atoms with Crippen molar-refractivity contribution >= 4 is 5.78 Å². The number of hydrogen-bond donors (Lipinski definition) is 0. The number of allylic oxidation sites excluding steroid dienone is 2. The Morgan fingerprint density at radius 3 is 2.31 bits per heavy atom. The SMILES string of the molecule is COc1ccc([C@H]2CC=C[C@@H]3c4cc(OC)cc(OC)c4C(=O)[C@@H]32)cc1. The highest BCUT2D eigenvalue weighted by molar-refractivity contribution is 6.06. The van der Waals surface area contributed by atoms with Crippen LogP contribution in [0.25, 0.3) is 0 Å². The second-order valence-electron chi connectivity index (χ2n) is 6.75. The third kappa shape index (κ3) is 2.48. The Labute approximate surface area is 153 Å². The highest BCUT2D eigenvalue weighted by Gasteiger charge is 2.46. The third-order valence-corrected chi connectivity index (χ3v) is 5.57. The molecule has 4 heteroatoms. The van der Waals surface area contributed by atoms with Crippen molar-refractivity contribution in [1.29, 1.82) is 0 Å². The molecule has 0 bridgehead atoms. The van der Waals surface area contributed by atoms with E-state index < -0.39 is 0 Å². The Balaban J connectivity index is 1.78. The van der Waals surface area contributed by atoms with E-state index in [9.17, 15) is 4.79 Å². The van der Waals surface area contributed by atoms with Crippen LogP contribution in [0.5, 0.6) is 17.2 Å². The van der Waals surface area contributed by atoms with E-state index in [1.54, 1.807) is 27.4 Å². The Morgan fingerprint density at radius 2 is 1.65 bits per heavy atom. The van der Waals surface area contributed by atoms with E-state index in [0.717, 1.165) is 23.3 Å². The lowest BCUT2D eigenvalue weighted by Crippen LogP contribution is -2.24. The maximum atomic E-state index is 13.3. The van der Waals surface area contributed by atoms with Crippen molar-refractivity contribution in [1.82, 2.24) is 0 Å². The van der Waals surface area contributed by atoms with Crippen LogP contribution < -0.4 is 14.2 Å². The molecule has 0 saturated heterocycles. The number of Topliss-reactive ketones (excluding diaryl/α,β-unsaturated/α-hetero) is 1. The van der Waals surface area contributed by atoms with Gasteiger partial charge in [-0.1, -0.05) is 24.3 Å². The summed E-state index contributed by atoms with van der Waals surface area (Å²) in [6, 6.07) is 11.8. The van der Waals surface area contributed by atoms with E-state index in [-0.39, 0.29) is 23.5 Å². The summed E-state index contributed by atoms with van der Waals surface area (Å²) in [6.07, 6.45) is 5.20. The summed E-state index contributed by atoms with van der Waals surface area (Å²) < 4.78 is 16.2. The molecule has 2 aliphatic rings. The molecule has 3 atom stereocenters. The fourth-order valence-corrected chi connectivity index (χ4v) is 4.31. The van der Waals surface area contributed by atoms with E-state index >= 15 is 0 Å². The van der Waals surface area contributed by atoms with E-state index in [1.807, 2.05) is 18.2 Å². The number of methoxy groups -OCH3 is 3. The number of ether oxygens (including phenoxy) is 3. The zero-order valence-electron chi connectivity index (χ0n) is 15.2. The summed E-state index contributed by atoms with van der Waals surface area (Å²) in [5.41, 5.74) is 2.87. The Bertz CT molecular complexity index is 866. The van der Waals surface area contributed by atoms with Crippen molar-refractivity contribution in [2.75, 3.05) is 21.3 Å². The summed E-state index contributed by atoms with van der Waals surface area (Å²) in [5.74, 6) is 2.40. The Kier molecular flexibility index (Phi) is 4.19. The molecule has 0 heterocycles. The van der Waals surface area contributed by atoms with Crippen LogP contribution >= 0.6 is 0 Å². The van der Waals surface area contributed by atoms with Crippen molar-refractivity contribution in [3.8, 4) is 17.2 Å². The molecule has 0 fully saturated rings. The van der Waals surface area contributed by atoms with Gasteiger partial charge in [0.25, 0.3) is 0 Å². The smallest absolute Gasteiger partial charge is 0.171 e. The van der Waals surface area contributed by atoms with Gasteiger partial charge in [0.15, 0.2) is 5.78 Å². The summed E-state index contributed by atoms with van der Waals surface area (Å²) in [4.78, 5) is 13.3. The maximum absolute atomic E-state index is 13.3. The first-order valence-corrected chi connectivity index (χ1v) is 8.78. The molecule has 0 unspecified atom stereocenters. The second-order valence-corrected chi connectivity index (χ2v) is 6.75. The lowest BCUT2D eigenvalue weighted by molar-refractivity contribution is 0.0904. The first-order valence-electron chi connectivity index (χ1n) is 8.78. The van der Waals surface area contributed by atoms with Crippen LogP contribution in [-0.4, -0.2) is 27.1 Å². The highest BCUT2D eigenvalue weighted by atomic mass is 16.5. The van der Waals surface area contributed by atoms with Gasteiger partial charge in [0, 0.05) is 17.9 Å². The molecule has 0 amide bonds. The number of carbonyl (C=O) groups is 1. The average molecular weight is 350 g/mol. The molecule has 0 N–H and O–H groups in total. The van der Waals surface area contributed by atoms with Crippen LogP contribution in [0.4, 0.5) is 0 Å². The van der Waals surface area contributed by atoms with Crippen LogP contribution in [0, 0.1) is 5.92 Å². The standard InChI is InChI=1S/C22H22O4/c1-24-14-9-7-13(8-10-14)16-5-4-6-17-18-11-15(25-2)12-19(26-3)21(18)22(23)20(16)17/h4,6-12,16-17,20H,5H2,1-3H3/t16-,17-,20-/m1/s1. The second kappa shape index (κ2) is 6.52. The molecule has 2 aliphatic carbocycles. The lowest BCUT2D eigenvalue weighted by Gasteiger charge is -2.29. The van der Waals surface area contributed by atoms with Gasteiger partial charge >= 0.3 is 0 Å². The molecule has 2 aromatic rings. The lowest BCUT2D eigenvalue weighted by atomic mass is 9.73. The quantitative estimate of drug-likeness (QED) is 0.769. The van der Waals surface area contributed by atoms with Gasteiger partial charge in [-0.15, -0.1) is 0 Å². The zero-order valence-corrected chi connectivity index (χ0v) is 15.2. The minimum atomic E-state index is -0.107. The first kappa shape index (κ1) is 16.7. The normalized spacial score (nSPS) is 23.3. The van der Waals surface area contributed by atoms with E-state index in [0.29, 0.717) is 17.1 Å². The topological polar surface area (TPSA) is 44.8 Å². The van der Waals surface area contributed by atoms with Crippen LogP contribution in [0.3, 0.4) is 0 Å². The largest absolute Gasteiger partial charge is 0.497 e. The zero-order chi connectivity index (χ0) is 18.3. The summed E-state index contributed by atoms with van der Waals surface area (Å²) in [5, 5.41) is 0. The number of fused-ring (bicyclic) bond motifs is 3. The predicted molar refractivity (Wildman–Crippen MR) is 99.6 cm³/mol. The molecule has 0 radical (unpaired) electrons. The molecular formula is C22H22O4. The van der Waals surface area contributed by atoms with Crippen LogP contribution in [0.15, 0.2) is 48.6 Å². The monoisotopic (exact) mass is 350 g/mol. The first-order chi connectivity index (χ1) is 12.7. The maximum Gasteiger partial charge on any atom is 0.171 e. The summed E-state index contributed by atoms with van der Waals surface area (Å²) in [6.45, 7) is 0. The van der Waals surface area contributed by atoms with E-state index in [4.69, 9.17) is 14.2 Å². The van der Waals surface area contributed by atoms with Crippen LogP contribution in [0.2, 0.25) is 0 Å². The molecule has 0 aliphatic heterocycles. The average Bonchev–Trinajstić information content (AvgIpc) is 3.00. The van der Waals surface area contributed by atoms with E-state index in [2.05, 4.69) is 24.3 Å².